The van der Waals surface area contributed by atoms with Gasteiger partial charge >= 0.3 is 0 Å². The summed E-state index contributed by atoms with van der Waals surface area (Å²) in [5.74, 6) is -0.0922. The quantitative estimate of drug-likeness (QED) is 0.895. The van der Waals surface area contributed by atoms with Gasteiger partial charge in [-0.25, -0.2) is 0 Å². The highest BCUT2D eigenvalue weighted by Crippen LogP contribution is 2.18. The summed E-state index contributed by atoms with van der Waals surface area (Å²) in [6, 6.07) is 13.5. The first-order chi connectivity index (χ1) is 9.60. The molecule has 0 saturated carbocycles. The molecule has 0 saturated heterocycles. The van der Waals surface area contributed by atoms with Crippen LogP contribution in [-0.2, 0) is 6.54 Å². The Kier molecular flexibility index (Phi) is 4.93. The van der Waals surface area contributed by atoms with Crippen molar-refractivity contribution in [2.75, 3.05) is 12.4 Å². The minimum atomic E-state index is -0.0922. The molecule has 0 aliphatic heterocycles. The molecule has 2 aromatic rings. The van der Waals surface area contributed by atoms with Crippen LogP contribution in [0.4, 0.5) is 5.69 Å². The molecular weight excluding hydrogens is 316 g/mol. The molecule has 0 heterocycles. The van der Waals surface area contributed by atoms with E-state index in [2.05, 4.69) is 26.6 Å². The van der Waals surface area contributed by atoms with Crippen molar-refractivity contribution in [2.45, 2.75) is 13.5 Å². The highest BCUT2D eigenvalue weighted by atomic mass is 79.9. The van der Waals surface area contributed by atoms with Crippen molar-refractivity contribution in [1.29, 1.82) is 0 Å². The average Bonchev–Trinajstić information content (AvgIpc) is 2.42. The molecule has 1 amide bonds. The molecule has 0 atom stereocenters. The Hall–Kier alpha value is -1.65. The number of halogens is 1. The third kappa shape index (κ3) is 3.68. The topological polar surface area (TPSA) is 41.1 Å². The monoisotopic (exact) mass is 332 g/mol. The van der Waals surface area contributed by atoms with Gasteiger partial charge < -0.3 is 10.6 Å². The predicted octanol–water partition coefficient (Wildman–Crippen LogP) is 3.73. The third-order valence-corrected chi connectivity index (χ3v) is 3.50. The van der Waals surface area contributed by atoms with E-state index < -0.39 is 0 Å². The SMILES string of the molecule is CNCc1cccc(NC(=O)c2cc(Br)ccc2C)c1. The highest BCUT2D eigenvalue weighted by molar-refractivity contribution is 9.10. The number of hydrogen-bond acceptors (Lipinski definition) is 2. The van der Waals surface area contributed by atoms with E-state index in [1.54, 1.807) is 0 Å². The van der Waals surface area contributed by atoms with E-state index in [4.69, 9.17) is 0 Å². The van der Waals surface area contributed by atoms with E-state index >= 15 is 0 Å². The zero-order valence-corrected chi connectivity index (χ0v) is 13.1. The van der Waals surface area contributed by atoms with Gasteiger partial charge in [0.15, 0.2) is 0 Å². The van der Waals surface area contributed by atoms with Gasteiger partial charge in [-0.2, -0.15) is 0 Å². The van der Waals surface area contributed by atoms with Crippen LogP contribution in [0.25, 0.3) is 0 Å². The lowest BCUT2D eigenvalue weighted by molar-refractivity contribution is 0.102. The lowest BCUT2D eigenvalue weighted by Gasteiger charge is -2.09. The Morgan fingerprint density at radius 3 is 2.75 bits per heavy atom. The second kappa shape index (κ2) is 6.68. The van der Waals surface area contributed by atoms with Gasteiger partial charge in [-0.3, -0.25) is 4.79 Å². The Morgan fingerprint density at radius 2 is 2.00 bits per heavy atom. The van der Waals surface area contributed by atoms with E-state index in [9.17, 15) is 4.79 Å². The number of carbonyl (C=O) groups excluding carboxylic acids is 1. The number of amides is 1. The van der Waals surface area contributed by atoms with Gasteiger partial charge in [0.1, 0.15) is 0 Å². The highest BCUT2D eigenvalue weighted by Gasteiger charge is 2.10. The number of hydrogen-bond donors (Lipinski definition) is 2. The van der Waals surface area contributed by atoms with E-state index in [0.29, 0.717) is 5.56 Å². The lowest BCUT2D eigenvalue weighted by atomic mass is 10.1. The Bertz CT molecular complexity index is 626. The summed E-state index contributed by atoms with van der Waals surface area (Å²) in [6.07, 6.45) is 0. The number of rotatable bonds is 4. The van der Waals surface area contributed by atoms with Crippen LogP contribution in [0, 0.1) is 6.92 Å². The molecular formula is C16H17BrN2O. The molecule has 104 valence electrons. The van der Waals surface area contributed by atoms with Gasteiger partial charge in [0.25, 0.3) is 5.91 Å². The fourth-order valence-electron chi connectivity index (χ4n) is 2.00. The Morgan fingerprint density at radius 1 is 1.20 bits per heavy atom. The Labute approximate surface area is 127 Å². The van der Waals surface area contributed by atoms with Gasteiger partial charge in [0, 0.05) is 22.3 Å². The summed E-state index contributed by atoms with van der Waals surface area (Å²) in [4.78, 5) is 12.3. The molecule has 0 aliphatic carbocycles. The van der Waals surface area contributed by atoms with Gasteiger partial charge in [-0.15, -0.1) is 0 Å². The molecule has 20 heavy (non-hydrogen) atoms. The molecule has 0 aromatic heterocycles. The average molecular weight is 333 g/mol. The van der Waals surface area contributed by atoms with Crippen molar-refractivity contribution in [3.63, 3.8) is 0 Å². The van der Waals surface area contributed by atoms with Crippen LogP contribution < -0.4 is 10.6 Å². The second-order valence-electron chi connectivity index (χ2n) is 4.64. The number of carbonyl (C=O) groups is 1. The number of anilines is 1. The first-order valence-electron chi connectivity index (χ1n) is 6.41. The molecule has 2 rings (SSSR count). The largest absolute Gasteiger partial charge is 0.322 e. The van der Waals surface area contributed by atoms with Gasteiger partial charge in [0.05, 0.1) is 0 Å². The lowest BCUT2D eigenvalue weighted by Crippen LogP contribution is -2.14. The first kappa shape index (κ1) is 14.8. The molecule has 0 radical (unpaired) electrons. The van der Waals surface area contributed by atoms with Crippen LogP contribution in [-0.4, -0.2) is 13.0 Å². The van der Waals surface area contributed by atoms with Crippen LogP contribution in [0.3, 0.4) is 0 Å². The van der Waals surface area contributed by atoms with Crippen LogP contribution in [0.2, 0.25) is 0 Å². The fourth-order valence-corrected chi connectivity index (χ4v) is 2.36. The van der Waals surface area contributed by atoms with E-state index in [1.807, 2.05) is 56.4 Å². The molecule has 2 aromatic carbocycles. The molecule has 3 nitrogen and oxygen atoms in total. The normalized spacial score (nSPS) is 10.3. The molecule has 4 heteroatoms. The summed E-state index contributed by atoms with van der Waals surface area (Å²) in [7, 11) is 1.90. The van der Waals surface area contributed by atoms with Crippen LogP contribution in [0.5, 0.6) is 0 Å². The maximum absolute atomic E-state index is 12.3. The fraction of sp³-hybridized carbons (Fsp3) is 0.188. The maximum Gasteiger partial charge on any atom is 0.255 e. The number of nitrogens with one attached hydrogen (secondary N) is 2. The molecule has 0 spiro atoms. The number of benzene rings is 2. The van der Waals surface area contributed by atoms with Gasteiger partial charge in [-0.05, 0) is 49.4 Å². The molecule has 0 fully saturated rings. The summed E-state index contributed by atoms with van der Waals surface area (Å²) in [6.45, 7) is 2.71. The zero-order chi connectivity index (χ0) is 14.5. The van der Waals surface area contributed by atoms with E-state index in [1.165, 1.54) is 0 Å². The summed E-state index contributed by atoms with van der Waals surface area (Å²) in [5, 5.41) is 6.03. The van der Waals surface area contributed by atoms with E-state index in [0.717, 1.165) is 27.8 Å². The van der Waals surface area contributed by atoms with Crippen molar-refractivity contribution in [3.05, 3.63) is 63.6 Å². The van der Waals surface area contributed by atoms with E-state index in [-0.39, 0.29) is 5.91 Å². The predicted molar refractivity (Wildman–Crippen MR) is 86.0 cm³/mol. The van der Waals surface area contributed by atoms with Crippen LogP contribution >= 0.6 is 15.9 Å². The molecule has 2 N–H and O–H groups in total. The van der Waals surface area contributed by atoms with Crippen molar-refractivity contribution < 1.29 is 4.79 Å². The van der Waals surface area contributed by atoms with Crippen molar-refractivity contribution >= 4 is 27.5 Å². The summed E-state index contributed by atoms with van der Waals surface area (Å²) < 4.78 is 0.900. The molecule has 0 unspecified atom stereocenters. The van der Waals surface area contributed by atoms with Crippen molar-refractivity contribution in [3.8, 4) is 0 Å². The standard InChI is InChI=1S/C16H17BrN2O/c1-11-6-7-13(17)9-15(11)16(20)19-14-5-3-4-12(8-14)10-18-2/h3-9,18H,10H2,1-2H3,(H,19,20). The molecule has 0 bridgehead atoms. The molecule has 0 aliphatic rings. The summed E-state index contributed by atoms with van der Waals surface area (Å²) in [5.41, 5.74) is 3.58. The third-order valence-electron chi connectivity index (χ3n) is 3.01. The van der Waals surface area contributed by atoms with Gasteiger partial charge in [0.2, 0.25) is 0 Å². The van der Waals surface area contributed by atoms with Crippen molar-refractivity contribution in [1.82, 2.24) is 5.32 Å². The van der Waals surface area contributed by atoms with Gasteiger partial charge in [-0.1, -0.05) is 34.1 Å². The number of aryl methyl sites for hydroxylation is 1. The maximum atomic E-state index is 12.3. The smallest absolute Gasteiger partial charge is 0.255 e. The zero-order valence-electron chi connectivity index (χ0n) is 11.5. The second-order valence-corrected chi connectivity index (χ2v) is 5.56. The minimum Gasteiger partial charge on any atom is -0.322 e. The van der Waals surface area contributed by atoms with Crippen molar-refractivity contribution in [2.24, 2.45) is 0 Å². The summed E-state index contributed by atoms with van der Waals surface area (Å²) >= 11 is 3.39. The van der Waals surface area contributed by atoms with Crippen LogP contribution in [0.15, 0.2) is 46.9 Å². The first-order valence-corrected chi connectivity index (χ1v) is 7.20. The Balaban J connectivity index is 2.19. The van der Waals surface area contributed by atoms with Crippen LogP contribution in [0.1, 0.15) is 21.5 Å². The minimum absolute atomic E-state index is 0.0922.